The first-order valence-electron chi connectivity index (χ1n) is 9.06. The summed E-state index contributed by atoms with van der Waals surface area (Å²) >= 11 is 0. The molecule has 3 N–H and O–H groups in total. The van der Waals surface area contributed by atoms with Gasteiger partial charge in [-0.15, -0.1) is 0 Å². The van der Waals surface area contributed by atoms with Crippen LogP contribution in [0.5, 0.6) is 0 Å². The maximum atomic E-state index is 11.9. The van der Waals surface area contributed by atoms with Crippen LogP contribution in [0.3, 0.4) is 0 Å². The zero-order valence-electron chi connectivity index (χ0n) is 14.0. The molecule has 0 aliphatic heterocycles. The number of carbonyl (C=O) groups is 1. The van der Waals surface area contributed by atoms with Crippen LogP contribution in [0.4, 0.5) is 0 Å². The Hall–Kier alpha value is -1.26. The standard InChI is InChI=1S/C17H32N4O/c1-2-18-17(21-13-15-8-9-15)20-11-10-19-16(22)12-14-6-4-3-5-7-14/h14-15H,2-13H2,1H3,(H,19,22)(H2,18,20,21). The molecule has 0 heterocycles. The van der Waals surface area contributed by atoms with Crippen molar-refractivity contribution >= 4 is 11.9 Å². The number of hydrogen-bond acceptors (Lipinski definition) is 2. The van der Waals surface area contributed by atoms with E-state index in [4.69, 9.17) is 0 Å². The van der Waals surface area contributed by atoms with E-state index in [0.29, 0.717) is 18.9 Å². The van der Waals surface area contributed by atoms with Crippen molar-refractivity contribution in [1.29, 1.82) is 0 Å². The summed E-state index contributed by atoms with van der Waals surface area (Å²) in [6, 6.07) is 0. The molecule has 5 heteroatoms. The summed E-state index contributed by atoms with van der Waals surface area (Å²) in [4.78, 5) is 16.5. The normalized spacial score (nSPS) is 19.8. The predicted molar refractivity (Wildman–Crippen MR) is 90.9 cm³/mol. The second-order valence-electron chi connectivity index (χ2n) is 6.65. The summed E-state index contributed by atoms with van der Waals surface area (Å²) in [6.45, 7) is 5.25. The van der Waals surface area contributed by atoms with E-state index in [2.05, 4.69) is 27.9 Å². The minimum atomic E-state index is 0.202. The van der Waals surface area contributed by atoms with Crippen molar-refractivity contribution in [2.75, 3.05) is 26.2 Å². The Morgan fingerprint density at radius 1 is 0.955 bits per heavy atom. The van der Waals surface area contributed by atoms with Gasteiger partial charge in [0.1, 0.15) is 0 Å². The average Bonchev–Trinajstić information content (AvgIpc) is 3.34. The quantitative estimate of drug-likeness (QED) is 0.365. The van der Waals surface area contributed by atoms with Gasteiger partial charge in [-0.1, -0.05) is 19.3 Å². The molecule has 0 atom stereocenters. The van der Waals surface area contributed by atoms with Crippen LogP contribution < -0.4 is 16.0 Å². The SMILES string of the molecule is CCNC(=NCC1CC1)NCCNC(=O)CC1CCCCC1. The van der Waals surface area contributed by atoms with Gasteiger partial charge in [-0.05, 0) is 44.4 Å². The van der Waals surface area contributed by atoms with Crippen molar-refractivity contribution in [3.8, 4) is 0 Å². The lowest BCUT2D eigenvalue weighted by Gasteiger charge is -2.20. The number of nitrogens with zero attached hydrogens (tertiary/aromatic N) is 1. The molecule has 5 nitrogen and oxygen atoms in total. The molecule has 2 rings (SSSR count). The minimum absolute atomic E-state index is 0.202. The molecular weight excluding hydrogens is 276 g/mol. The van der Waals surface area contributed by atoms with Crippen LogP contribution in [-0.4, -0.2) is 38.0 Å². The number of rotatable bonds is 8. The first-order chi connectivity index (χ1) is 10.8. The third kappa shape index (κ3) is 7.14. The van der Waals surface area contributed by atoms with E-state index in [1.807, 2.05) is 0 Å². The van der Waals surface area contributed by atoms with Gasteiger partial charge in [0, 0.05) is 32.6 Å². The number of hydrogen-bond donors (Lipinski definition) is 3. The fourth-order valence-electron chi connectivity index (χ4n) is 2.97. The molecule has 2 fully saturated rings. The highest BCUT2D eigenvalue weighted by atomic mass is 16.1. The third-order valence-corrected chi connectivity index (χ3v) is 4.49. The first-order valence-corrected chi connectivity index (χ1v) is 9.06. The van der Waals surface area contributed by atoms with Gasteiger partial charge in [0.15, 0.2) is 5.96 Å². The lowest BCUT2D eigenvalue weighted by Crippen LogP contribution is -2.41. The van der Waals surface area contributed by atoms with Crippen molar-refractivity contribution in [2.24, 2.45) is 16.8 Å². The van der Waals surface area contributed by atoms with E-state index >= 15 is 0 Å². The van der Waals surface area contributed by atoms with E-state index in [0.717, 1.165) is 31.5 Å². The largest absolute Gasteiger partial charge is 0.357 e. The zero-order chi connectivity index (χ0) is 15.6. The lowest BCUT2D eigenvalue weighted by atomic mass is 9.87. The molecule has 0 bridgehead atoms. The molecule has 0 aromatic heterocycles. The summed E-state index contributed by atoms with van der Waals surface area (Å²) in [6.07, 6.45) is 9.73. The van der Waals surface area contributed by atoms with Gasteiger partial charge in [0.25, 0.3) is 0 Å². The lowest BCUT2D eigenvalue weighted by molar-refractivity contribution is -0.122. The highest BCUT2D eigenvalue weighted by molar-refractivity contribution is 5.80. The zero-order valence-corrected chi connectivity index (χ0v) is 14.0. The Morgan fingerprint density at radius 3 is 2.36 bits per heavy atom. The van der Waals surface area contributed by atoms with Crippen molar-refractivity contribution in [2.45, 2.75) is 58.3 Å². The summed E-state index contributed by atoms with van der Waals surface area (Å²) in [5.41, 5.74) is 0. The molecule has 0 saturated heterocycles. The fourth-order valence-corrected chi connectivity index (χ4v) is 2.97. The molecule has 0 radical (unpaired) electrons. The van der Waals surface area contributed by atoms with E-state index in [9.17, 15) is 4.79 Å². The Bertz CT molecular complexity index is 360. The van der Waals surface area contributed by atoms with Gasteiger partial charge in [-0.2, -0.15) is 0 Å². The van der Waals surface area contributed by atoms with E-state index in [-0.39, 0.29) is 5.91 Å². The number of nitrogens with one attached hydrogen (secondary N) is 3. The van der Waals surface area contributed by atoms with Crippen molar-refractivity contribution in [3.63, 3.8) is 0 Å². The van der Waals surface area contributed by atoms with Crippen LogP contribution >= 0.6 is 0 Å². The number of guanidine groups is 1. The van der Waals surface area contributed by atoms with Crippen LogP contribution in [0.15, 0.2) is 4.99 Å². The molecule has 2 aliphatic rings. The topological polar surface area (TPSA) is 65.5 Å². The smallest absolute Gasteiger partial charge is 0.220 e. The van der Waals surface area contributed by atoms with Crippen LogP contribution in [-0.2, 0) is 4.79 Å². The molecule has 22 heavy (non-hydrogen) atoms. The molecule has 1 amide bonds. The molecular formula is C17H32N4O. The number of carbonyl (C=O) groups excluding carboxylic acids is 1. The van der Waals surface area contributed by atoms with Crippen LogP contribution in [0, 0.1) is 11.8 Å². The van der Waals surface area contributed by atoms with E-state index < -0.39 is 0 Å². The number of amides is 1. The van der Waals surface area contributed by atoms with Gasteiger partial charge in [0.2, 0.25) is 5.91 Å². The fraction of sp³-hybridized carbons (Fsp3) is 0.882. The van der Waals surface area contributed by atoms with Crippen LogP contribution in [0.1, 0.15) is 58.3 Å². The Kier molecular flexibility index (Phi) is 7.54. The maximum absolute atomic E-state index is 11.9. The second-order valence-corrected chi connectivity index (χ2v) is 6.65. The van der Waals surface area contributed by atoms with Crippen molar-refractivity contribution in [1.82, 2.24) is 16.0 Å². The van der Waals surface area contributed by atoms with Crippen LogP contribution in [0.25, 0.3) is 0 Å². The van der Waals surface area contributed by atoms with Crippen LogP contribution in [0.2, 0.25) is 0 Å². The highest BCUT2D eigenvalue weighted by Crippen LogP contribution is 2.28. The predicted octanol–water partition coefficient (Wildman–Crippen LogP) is 2.04. The number of aliphatic imine (C=N–C) groups is 1. The third-order valence-electron chi connectivity index (χ3n) is 4.49. The Morgan fingerprint density at radius 2 is 1.68 bits per heavy atom. The minimum Gasteiger partial charge on any atom is -0.357 e. The molecule has 0 unspecified atom stereocenters. The Balaban J connectivity index is 1.55. The Labute approximate surface area is 134 Å². The summed E-state index contributed by atoms with van der Waals surface area (Å²) < 4.78 is 0. The first kappa shape index (κ1) is 17.1. The second kappa shape index (κ2) is 9.70. The van der Waals surface area contributed by atoms with Gasteiger partial charge in [0.05, 0.1) is 0 Å². The molecule has 2 aliphatic carbocycles. The molecule has 2 saturated carbocycles. The van der Waals surface area contributed by atoms with Gasteiger partial charge >= 0.3 is 0 Å². The molecule has 0 aromatic carbocycles. The van der Waals surface area contributed by atoms with Gasteiger partial charge < -0.3 is 16.0 Å². The van der Waals surface area contributed by atoms with Crippen molar-refractivity contribution < 1.29 is 4.79 Å². The van der Waals surface area contributed by atoms with Gasteiger partial charge in [-0.25, -0.2) is 0 Å². The van der Waals surface area contributed by atoms with Gasteiger partial charge in [-0.3, -0.25) is 9.79 Å². The molecule has 0 spiro atoms. The van der Waals surface area contributed by atoms with Crippen molar-refractivity contribution in [3.05, 3.63) is 0 Å². The summed E-state index contributed by atoms with van der Waals surface area (Å²) in [5, 5.41) is 9.55. The van der Waals surface area contributed by atoms with E-state index in [1.165, 1.54) is 44.9 Å². The monoisotopic (exact) mass is 308 g/mol. The highest BCUT2D eigenvalue weighted by Gasteiger charge is 2.20. The average molecular weight is 308 g/mol. The molecule has 0 aromatic rings. The maximum Gasteiger partial charge on any atom is 0.220 e. The summed E-state index contributed by atoms with van der Waals surface area (Å²) in [7, 11) is 0. The van der Waals surface area contributed by atoms with E-state index in [1.54, 1.807) is 0 Å². The molecule has 126 valence electrons. The summed E-state index contributed by atoms with van der Waals surface area (Å²) in [5.74, 6) is 2.48.